The molecule has 1 heterocycles. The average Bonchev–Trinajstić information content (AvgIpc) is 2.79. The second-order valence-corrected chi connectivity index (χ2v) is 4.71. The van der Waals surface area contributed by atoms with Crippen molar-refractivity contribution in [1.29, 1.82) is 0 Å². The molecule has 5 heteroatoms. The maximum atomic E-state index is 5.87. The van der Waals surface area contributed by atoms with Crippen molar-refractivity contribution in [3.8, 4) is 0 Å². The van der Waals surface area contributed by atoms with Gasteiger partial charge in [-0.3, -0.25) is 0 Å². The zero-order valence-electron chi connectivity index (χ0n) is 10.4. The molecule has 0 aliphatic heterocycles. The normalized spacial score (nSPS) is 25.1. The van der Waals surface area contributed by atoms with Gasteiger partial charge in [0, 0.05) is 18.6 Å². The fourth-order valence-electron chi connectivity index (χ4n) is 2.17. The van der Waals surface area contributed by atoms with Gasteiger partial charge in [-0.1, -0.05) is 12.1 Å². The summed E-state index contributed by atoms with van der Waals surface area (Å²) in [6.45, 7) is 3.26. The van der Waals surface area contributed by atoms with Crippen LogP contribution in [0, 0.1) is 0 Å². The third-order valence-electron chi connectivity index (χ3n) is 3.18. The van der Waals surface area contributed by atoms with E-state index in [4.69, 9.17) is 15.0 Å². The highest BCUT2D eigenvalue weighted by Crippen LogP contribution is 2.31. The van der Waals surface area contributed by atoms with Crippen LogP contribution in [0.4, 0.5) is 0 Å². The molecule has 0 bridgehead atoms. The molecule has 2 N–H and O–H groups in total. The van der Waals surface area contributed by atoms with Crippen LogP contribution in [0.1, 0.15) is 56.7 Å². The highest BCUT2D eigenvalue weighted by molar-refractivity contribution is 4.96. The van der Waals surface area contributed by atoms with Crippen LogP contribution in [-0.4, -0.2) is 22.8 Å². The smallest absolute Gasteiger partial charge is 0.229 e. The van der Waals surface area contributed by atoms with Crippen LogP contribution in [-0.2, 0) is 11.3 Å². The SMILES string of the molecule is CCCOCc1noc(C2CCC(N)CC2)n1. The van der Waals surface area contributed by atoms with Crippen molar-refractivity contribution in [3.05, 3.63) is 11.7 Å². The van der Waals surface area contributed by atoms with Crippen LogP contribution < -0.4 is 5.73 Å². The summed E-state index contributed by atoms with van der Waals surface area (Å²) in [5.74, 6) is 1.80. The quantitative estimate of drug-likeness (QED) is 0.795. The van der Waals surface area contributed by atoms with E-state index in [1.165, 1.54) is 0 Å². The fraction of sp³-hybridized carbons (Fsp3) is 0.833. The minimum Gasteiger partial charge on any atom is -0.373 e. The van der Waals surface area contributed by atoms with Crippen molar-refractivity contribution in [2.75, 3.05) is 6.61 Å². The molecule has 1 aliphatic rings. The number of aromatic nitrogens is 2. The topological polar surface area (TPSA) is 74.2 Å². The Morgan fingerprint density at radius 3 is 2.82 bits per heavy atom. The Bertz CT molecular complexity index is 332. The Morgan fingerprint density at radius 1 is 1.35 bits per heavy atom. The van der Waals surface area contributed by atoms with Gasteiger partial charge in [-0.05, 0) is 32.1 Å². The summed E-state index contributed by atoms with van der Waals surface area (Å²) in [6.07, 6.45) is 5.21. The molecule has 1 saturated carbocycles. The summed E-state index contributed by atoms with van der Waals surface area (Å²) in [4.78, 5) is 4.39. The maximum absolute atomic E-state index is 5.87. The van der Waals surface area contributed by atoms with E-state index in [2.05, 4.69) is 17.1 Å². The molecule has 0 unspecified atom stereocenters. The van der Waals surface area contributed by atoms with E-state index in [0.29, 0.717) is 24.4 Å². The van der Waals surface area contributed by atoms with Crippen LogP contribution in [0.2, 0.25) is 0 Å². The van der Waals surface area contributed by atoms with Gasteiger partial charge in [0.1, 0.15) is 6.61 Å². The van der Waals surface area contributed by atoms with Gasteiger partial charge in [-0.2, -0.15) is 4.98 Å². The molecule has 1 aromatic heterocycles. The Labute approximate surface area is 102 Å². The summed E-state index contributed by atoms with van der Waals surface area (Å²) in [5.41, 5.74) is 5.87. The highest BCUT2D eigenvalue weighted by atomic mass is 16.5. The number of hydrogen-bond acceptors (Lipinski definition) is 5. The summed E-state index contributed by atoms with van der Waals surface area (Å²) in [6, 6.07) is 0.349. The lowest BCUT2D eigenvalue weighted by atomic mass is 9.86. The lowest BCUT2D eigenvalue weighted by Gasteiger charge is -2.22. The number of hydrogen-bond donors (Lipinski definition) is 1. The zero-order chi connectivity index (χ0) is 12.1. The van der Waals surface area contributed by atoms with Gasteiger partial charge in [-0.15, -0.1) is 0 Å². The Balaban J connectivity index is 1.85. The van der Waals surface area contributed by atoms with E-state index in [0.717, 1.165) is 44.6 Å². The van der Waals surface area contributed by atoms with Gasteiger partial charge in [0.25, 0.3) is 0 Å². The Morgan fingerprint density at radius 2 is 2.12 bits per heavy atom. The van der Waals surface area contributed by atoms with E-state index >= 15 is 0 Å². The van der Waals surface area contributed by atoms with Gasteiger partial charge in [0.2, 0.25) is 5.89 Å². The standard InChI is InChI=1S/C12H21N3O2/c1-2-7-16-8-11-14-12(17-15-11)9-3-5-10(13)6-4-9/h9-10H,2-8,13H2,1H3. The highest BCUT2D eigenvalue weighted by Gasteiger charge is 2.24. The first-order chi connectivity index (χ1) is 8.29. The van der Waals surface area contributed by atoms with E-state index in [1.54, 1.807) is 0 Å². The molecule has 5 nitrogen and oxygen atoms in total. The summed E-state index contributed by atoms with van der Waals surface area (Å²) in [7, 11) is 0. The third-order valence-corrected chi connectivity index (χ3v) is 3.18. The Kier molecular flexibility index (Phi) is 4.50. The number of nitrogens with zero attached hydrogens (tertiary/aromatic N) is 2. The molecule has 0 radical (unpaired) electrons. The molecule has 96 valence electrons. The van der Waals surface area contributed by atoms with Crippen LogP contribution in [0.3, 0.4) is 0 Å². The minimum atomic E-state index is 0.349. The van der Waals surface area contributed by atoms with Crippen molar-refractivity contribution in [2.45, 2.75) is 57.6 Å². The minimum absolute atomic E-state index is 0.349. The number of ether oxygens (including phenoxy) is 1. The summed E-state index contributed by atoms with van der Waals surface area (Å²) < 4.78 is 10.7. The van der Waals surface area contributed by atoms with Crippen molar-refractivity contribution in [1.82, 2.24) is 10.1 Å². The molecule has 1 aromatic rings. The van der Waals surface area contributed by atoms with Crippen LogP contribution >= 0.6 is 0 Å². The maximum Gasteiger partial charge on any atom is 0.229 e. The second-order valence-electron chi connectivity index (χ2n) is 4.71. The molecule has 1 aliphatic carbocycles. The van der Waals surface area contributed by atoms with Gasteiger partial charge in [-0.25, -0.2) is 0 Å². The predicted octanol–water partition coefficient (Wildman–Crippen LogP) is 1.98. The molecule has 0 spiro atoms. The Hall–Kier alpha value is -0.940. The number of rotatable bonds is 5. The van der Waals surface area contributed by atoms with E-state index in [1.807, 2.05) is 0 Å². The van der Waals surface area contributed by atoms with E-state index in [9.17, 15) is 0 Å². The first-order valence-electron chi connectivity index (χ1n) is 6.45. The van der Waals surface area contributed by atoms with Crippen LogP contribution in [0.15, 0.2) is 4.52 Å². The summed E-state index contributed by atoms with van der Waals surface area (Å²) in [5, 5.41) is 3.94. The molecule has 2 rings (SSSR count). The molecule has 0 saturated heterocycles. The lowest BCUT2D eigenvalue weighted by molar-refractivity contribution is 0.114. The lowest BCUT2D eigenvalue weighted by Crippen LogP contribution is -2.25. The van der Waals surface area contributed by atoms with E-state index in [-0.39, 0.29) is 0 Å². The van der Waals surface area contributed by atoms with Gasteiger partial charge >= 0.3 is 0 Å². The van der Waals surface area contributed by atoms with Gasteiger partial charge in [0.05, 0.1) is 0 Å². The van der Waals surface area contributed by atoms with Crippen molar-refractivity contribution >= 4 is 0 Å². The molecule has 17 heavy (non-hydrogen) atoms. The first-order valence-corrected chi connectivity index (χ1v) is 6.45. The molecule has 0 atom stereocenters. The molecular formula is C12H21N3O2. The fourth-order valence-corrected chi connectivity index (χ4v) is 2.17. The van der Waals surface area contributed by atoms with E-state index < -0.39 is 0 Å². The predicted molar refractivity (Wildman–Crippen MR) is 63.4 cm³/mol. The first kappa shape index (κ1) is 12.5. The van der Waals surface area contributed by atoms with Crippen LogP contribution in [0.25, 0.3) is 0 Å². The van der Waals surface area contributed by atoms with Gasteiger partial charge in [0.15, 0.2) is 5.82 Å². The average molecular weight is 239 g/mol. The third kappa shape index (κ3) is 3.51. The van der Waals surface area contributed by atoms with Crippen molar-refractivity contribution < 1.29 is 9.26 Å². The molecule has 1 fully saturated rings. The largest absolute Gasteiger partial charge is 0.373 e. The van der Waals surface area contributed by atoms with Gasteiger partial charge < -0.3 is 15.0 Å². The monoisotopic (exact) mass is 239 g/mol. The number of nitrogens with two attached hydrogens (primary N) is 1. The second kappa shape index (κ2) is 6.12. The summed E-state index contributed by atoms with van der Waals surface area (Å²) >= 11 is 0. The molecule has 0 aromatic carbocycles. The molecule has 0 amide bonds. The zero-order valence-corrected chi connectivity index (χ0v) is 10.4. The molecular weight excluding hydrogens is 218 g/mol. The van der Waals surface area contributed by atoms with Crippen LogP contribution in [0.5, 0.6) is 0 Å². The van der Waals surface area contributed by atoms with Crippen molar-refractivity contribution in [2.24, 2.45) is 5.73 Å². The van der Waals surface area contributed by atoms with Crippen molar-refractivity contribution in [3.63, 3.8) is 0 Å².